The number of aryl methyl sites for hydroxylation is 1. The molecule has 1 aliphatic rings. The third-order valence-corrected chi connectivity index (χ3v) is 4.47. The third-order valence-electron chi connectivity index (χ3n) is 4.47. The lowest BCUT2D eigenvalue weighted by molar-refractivity contribution is 0.176. The topological polar surface area (TPSA) is 55.9 Å². The first-order valence-corrected chi connectivity index (χ1v) is 6.97. The molecule has 1 aromatic rings. The molecule has 1 fully saturated rings. The number of nitrogens with two attached hydrogens (primary N) is 1. The average Bonchev–Trinajstić information content (AvgIpc) is 2.61. The molecule has 0 aromatic carbocycles. The quantitative estimate of drug-likeness (QED) is 0.639. The van der Waals surface area contributed by atoms with Gasteiger partial charge in [0.15, 0.2) is 0 Å². The van der Waals surface area contributed by atoms with E-state index in [2.05, 4.69) is 31.3 Å². The molecule has 2 rings (SSSR count). The van der Waals surface area contributed by atoms with Crippen molar-refractivity contribution in [3.8, 4) is 0 Å². The summed E-state index contributed by atoms with van der Waals surface area (Å²) in [5.74, 6) is 8.04. The van der Waals surface area contributed by atoms with Crippen LogP contribution in [0.5, 0.6) is 0 Å². The summed E-state index contributed by atoms with van der Waals surface area (Å²) >= 11 is 0. The normalized spacial score (nSPS) is 30.4. The Morgan fingerprint density at radius 3 is 2.39 bits per heavy atom. The second-order valence-electron chi connectivity index (χ2n) is 6.13. The number of hydrogen-bond donors (Lipinski definition) is 2. The highest BCUT2D eigenvalue weighted by atomic mass is 15.3. The van der Waals surface area contributed by atoms with Gasteiger partial charge in [-0.25, -0.2) is 0 Å². The van der Waals surface area contributed by atoms with Gasteiger partial charge in [-0.2, -0.15) is 5.10 Å². The smallest absolute Gasteiger partial charge is 0.0540 e. The summed E-state index contributed by atoms with van der Waals surface area (Å²) in [5.41, 5.74) is 5.50. The van der Waals surface area contributed by atoms with Gasteiger partial charge in [0.05, 0.1) is 12.2 Å². The first-order valence-electron chi connectivity index (χ1n) is 6.97. The molecule has 0 amide bonds. The highest BCUT2D eigenvalue weighted by molar-refractivity contribution is 5.21. The maximum atomic E-state index is 5.82. The van der Waals surface area contributed by atoms with Gasteiger partial charge in [0.1, 0.15) is 0 Å². The minimum absolute atomic E-state index is 0.240. The zero-order chi connectivity index (χ0) is 13.3. The summed E-state index contributed by atoms with van der Waals surface area (Å²) in [5, 5.41) is 4.34. The lowest BCUT2D eigenvalue weighted by Crippen LogP contribution is -2.37. The van der Waals surface area contributed by atoms with Crippen LogP contribution in [0.2, 0.25) is 0 Å². The molecule has 0 spiro atoms. The van der Waals surface area contributed by atoms with E-state index in [1.54, 1.807) is 0 Å². The van der Waals surface area contributed by atoms with Crippen molar-refractivity contribution in [1.29, 1.82) is 0 Å². The summed E-state index contributed by atoms with van der Waals surface area (Å²) in [6.45, 7) is 6.82. The Morgan fingerprint density at radius 2 is 1.94 bits per heavy atom. The van der Waals surface area contributed by atoms with E-state index in [1.807, 2.05) is 17.9 Å². The van der Waals surface area contributed by atoms with Crippen LogP contribution in [0, 0.1) is 24.7 Å². The van der Waals surface area contributed by atoms with Crippen molar-refractivity contribution < 1.29 is 0 Å². The molecule has 102 valence electrons. The summed E-state index contributed by atoms with van der Waals surface area (Å²) in [7, 11) is 1.98. The first-order chi connectivity index (χ1) is 8.52. The molecule has 0 saturated heterocycles. The molecule has 0 radical (unpaired) electrons. The maximum Gasteiger partial charge on any atom is 0.0540 e. The van der Waals surface area contributed by atoms with Crippen LogP contribution in [0.15, 0.2) is 6.20 Å². The molecule has 18 heavy (non-hydrogen) atoms. The largest absolute Gasteiger partial charge is 0.273 e. The molecular formula is C14H26N4. The van der Waals surface area contributed by atoms with Gasteiger partial charge in [0.25, 0.3) is 0 Å². The summed E-state index contributed by atoms with van der Waals surface area (Å²) in [4.78, 5) is 0. The molecule has 0 aliphatic heterocycles. The lowest BCUT2D eigenvalue weighted by atomic mass is 9.72. The minimum Gasteiger partial charge on any atom is -0.273 e. The van der Waals surface area contributed by atoms with E-state index in [4.69, 9.17) is 5.84 Å². The fraction of sp³-hybridized carbons (Fsp3) is 0.786. The van der Waals surface area contributed by atoms with Gasteiger partial charge in [0.2, 0.25) is 0 Å². The van der Waals surface area contributed by atoms with Crippen molar-refractivity contribution >= 4 is 0 Å². The van der Waals surface area contributed by atoms with Gasteiger partial charge in [-0.1, -0.05) is 13.8 Å². The van der Waals surface area contributed by atoms with E-state index in [0.717, 1.165) is 11.8 Å². The van der Waals surface area contributed by atoms with Crippen LogP contribution in [0.4, 0.5) is 0 Å². The van der Waals surface area contributed by atoms with Crippen LogP contribution in [0.25, 0.3) is 0 Å². The molecular weight excluding hydrogens is 224 g/mol. The molecule has 3 unspecified atom stereocenters. The third kappa shape index (κ3) is 2.59. The molecule has 1 aliphatic carbocycles. The highest BCUT2D eigenvalue weighted by Gasteiger charge is 2.31. The Bertz CT molecular complexity index is 388. The van der Waals surface area contributed by atoms with Crippen LogP contribution < -0.4 is 11.3 Å². The predicted molar refractivity (Wildman–Crippen MR) is 73.7 cm³/mol. The second-order valence-corrected chi connectivity index (χ2v) is 6.13. The van der Waals surface area contributed by atoms with E-state index >= 15 is 0 Å². The molecule has 3 atom stereocenters. The number of nitrogens with one attached hydrogen (secondary N) is 1. The molecule has 1 heterocycles. The fourth-order valence-electron chi connectivity index (χ4n) is 3.58. The van der Waals surface area contributed by atoms with Gasteiger partial charge in [-0.05, 0) is 43.9 Å². The van der Waals surface area contributed by atoms with Gasteiger partial charge in [-0.3, -0.25) is 16.0 Å². The fourth-order valence-corrected chi connectivity index (χ4v) is 3.58. The van der Waals surface area contributed by atoms with E-state index in [9.17, 15) is 0 Å². The van der Waals surface area contributed by atoms with Crippen molar-refractivity contribution in [3.05, 3.63) is 17.5 Å². The number of rotatable bonds is 3. The van der Waals surface area contributed by atoms with Gasteiger partial charge in [-0.15, -0.1) is 0 Å². The monoisotopic (exact) mass is 250 g/mol. The molecule has 4 heteroatoms. The number of nitrogens with zero attached hydrogens (tertiary/aromatic N) is 2. The number of hydrogen-bond acceptors (Lipinski definition) is 3. The van der Waals surface area contributed by atoms with Crippen molar-refractivity contribution in [2.75, 3.05) is 0 Å². The van der Waals surface area contributed by atoms with Crippen molar-refractivity contribution in [1.82, 2.24) is 15.2 Å². The Kier molecular flexibility index (Phi) is 4.07. The van der Waals surface area contributed by atoms with Crippen LogP contribution in [0.1, 0.15) is 50.4 Å². The van der Waals surface area contributed by atoms with E-state index in [-0.39, 0.29) is 6.04 Å². The molecule has 3 N–H and O–H groups in total. The van der Waals surface area contributed by atoms with Crippen LogP contribution in [0.3, 0.4) is 0 Å². The molecule has 4 nitrogen and oxygen atoms in total. The van der Waals surface area contributed by atoms with Crippen molar-refractivity contribution in [3.63, 3.8) is 0 Å². The Balaban J connectivity index is 2.20. The van der Waals surface area contributed by atoms with E-state index < -0.39 is 0 Å². The Morgan fingerprint density at radius 1 is 1.33 bits per heavy atom. The minimum atomic E-state index is 0.240. The van der Waals surface area contributed by atoms with Crippen LogP contribution in [-0.2, 0) is 7.05 Å². The lowest BCUT2D eigenvalue weighted by Gasteiger charge is -2.36. The summed E-state index contributed by atoms with van der Waals surface area (Å²) in [6, 6.07) is 0.240. The first kappa shape index (κ1) is 13.6. The van der Waals surface area contributed by atoms with Crippen LogP contribution in [-0.4, -0.2) is 9.78 Å². The van der Waals surface area contributed by atoms with Crippen molar-refractivity contribution in [2.45, 2.75) is 46.1 Å². The molecule has 1 saturated carbocycles. The van der Waals surface area contributed by atoms with Gasteiger partial charge >= 0.3 is 0 Å². The summed E-state index contributed by atoms with van der Waals surface area (Å²) < 4.78 is 1.93. The number of aromatic nitrogens is 2. The standard InChI is InChI=1S/C14H26N4/c1-9-5-10(2)7-12(6-9)14(17-15)13-8-16-18(4)11(13)3/h8-10,12,14,17H,5-7,15H2,1-4H3. The predicted octanol–water partition coefficient (Wildman–Crippen LogP) is 2.31. The SMILES string of the molecule is Cc1c(C(NN)C2CC(C)CC(C)C2)cnn1C. The van der Waals surface area contributed by atoms with Gasteiger partial charge in [0, 0.05) is 18.3 Å². The van der Waals surface area contributed by atoms with Crippen LogP contribution >= 0.6 is 0 Å². The van der Waals surface area contributed by atoms with E-state index in [0.29, 0.717) is 5.92 Å². The molecule has 1 aromatic heterocycles. The number of hydrazine groups is 1. The Labute approximate surface area is 110 Å². The second kappa shape index (κ2) is 5.41. The Hall–Kier alpha value is -0.870. The molecule has 0 bridgehead atoms. The van der Waals surface area contributed by atoms with Crippen molar-refractivity contribution in [2.24, 2.45) is 30.6 Å². The average molecular weight is 250 g/mol. The zero-order valence-corrected chi connectivity index (χ0v) is 12.0. The summed E-state index contributed by atoms with van der Waals surface area (Å²) in [6.07, 6.45) is 5.82. The maximum absolute atomic E-state index is 5.82. The zero-order valence-electron chi connectivity index (χ0n) is 12.0. The van der Waals surface area contributed by atoms with Gasteiger partial charge < -0.3 is 0 Å². The van der Waals surface area contributed by atoms with E-state index in [1.165, 1.54) is 30.5 Å². The highest BCUT2D eigenvalue weighted by Crippen LogP contribution is 2.40.